The Hall–Kier alpha value is -4.61. The minimum atomic E-state index is -0.0192. The molecule has 0 atom stereocenters. The van der Waals surface area contributed by atoms with Gasteiger partial charge in [0.2, 0.25) is 5.91 Å². The summed E-state index contributed by atoms with van der Waals surface area (Å²) in [5.74, 6) is -0.0192. The molecule has 10 heteroatoms. The summed E-state index contributed by atoms with van der Waals surface area (Å²) >= 11 is 0. The van der Waals surface area contributed by atoms with Crippen molar-refractivity contribution >= 4 is 38.7 Å². The Kier molecular flexibility index (Phi) is 11.6. The molecule has 0 aliphatic rings. The molecule has 10 nitrogen and oxygen atoms in total. The zero-order valence-electron chi connectivity index (χ0n) is 26.6. The van der Waals surface area contributed by atoms with E-state index in [1.165, 1.54) is 22.0 Å². The lowest BCUT2D eigenvalue weighted by Gasteiger charge is -2.10. The van der Waals surface area contributed by atoms with Crippen molar-refractivity contribution in [2.75, 3.05) is 52.7 Å². The highest BCUT2D eigenvalue weighted by Gasteiger charge is 2.09. The third kappa shape index (κ3) is 9.02. The van der Waals surface area contributed by atoms with Gasteiger partial charge in [0.1, 0.15) is 5.65 Å². The molecule has 0 fully saturated rings. The van der Waals surface area contributed by atoms with Gasteiger partial charge in [0, 0.05) is 78.6 Å². The maximum Gasteiger partial charge on any atom is 0.220 e. The third-order valence-corrected chi connectivity index (χ3v) is 8.08. The molecule has 0 saturated heterocycles. The molecule has 0 radical (unpaired) electrons. The number of hydrogen-bond donors (Lipinski definition) is 3. The van der Waals surface area contributed by atoms with Gasteiger partial charge in [-0.05, 0) is 47.9 Å². The number of aromatic amines is 1. The number of carbonyl (C=O) groups excluding carboxylic acids is 1. The minimum Gasteiger partial charge on any atom is -0.378 e. The van der Waals surface area contributed by atoms with Gasteiger partial charge in [-0.3, -0.25) is 9.78 Å². The molecular weight excluding hydrogens is 592 g/mol. The average Bonchev–Trinajstić information content (AvgIpc) is 3.69. The van der Waals surface area contributed by atoms with Crippen LogP contribution in [0.1, 0.15) is 23.2 Å². The number of amides is 1. The fourth-order valence-corrected chi connectivity index (χ4v) is 5.66. The number of aryl methyl sites for hydroxylation is 1. The van der Waals surface area contributed by atoms with Crippen LogP contribution < -0.4 is 10.6 Å². The van der Waals surface area contributed by atoms with Gasteiger partial charge >= 0.3 is 0 Å². The number of H-pyrrole nitrogens is 1. The van der Waals surface area contributed by atoms with Crippen molar-refractivity contribution in [3.63, 3.8) is 0 Å². The molecule has 244 valence electrons. The first-order valence-electron chi connectivity index (χ1n) is 16.3. The molecule has 1 amide bonds. The Balaban J connectivity index is 0.756. The van der Waals surface area contributed by atoms with Crippen molar-refractivity contribution in [1.82, 2.24) is 30.2 Å². The van der Waals surface area contributed by atoms with E-state index in [9.17, 15) is 4.79 Å². The maximum absolute atomic E-state index is 12.2. The first kappa shape index (κ1) is 32.3. The second kappa shape index (κ2) is 16.8. The highest BCUT2D eigenvalue weighted by atomic mass is 16.5. The average molecular weight is 635 g/mol. The van der Waals surface area contributed by atoms with Gasteiger partial charge in [-0.1, -0.05) is 42.5 Å². The summed E-state index contributed by atoms with van der Waals surface area (Å²) in [6.07, 6.45) is 6.70. The van der Waals surface area contributed by atoms with E-state index in [1.54, 1.807) is 6.20 Å². The lowest BCUT2D eigenvalue weighted by atomic mass is 10.1. The topological polar surface area (TPSA) is 115 Å². The molecule has 0 bridgehead atoms. The van der Waals surface area contributed by atoms with Crippen molar-refractivity contribution in [1.29, 1.82) is 0 Å². The van der Waals surface area contributed by atoms with Crippen LogP contribution in [-0.4, -0.2) is 78.2 Å². The van der Waals surface area contributed by atoms with Crippen molar-refractivity contribution in [2.24, 2.45) is 0 Å². The number of fused-ring (bicyclic) bond motifs is 4. The number of nitrogens with one attached hydrogen (secondary N) is 3. The van der Waals surface area contributed by atoms with E-state index in [2.05, 4.69) is 84.9 Å². The molecule has 0 aliphatic heterocycles. The summed E-state index contributed by atoms with van der Waals surface area (Å²) in [4.78, 5) is 24.4. The Bertz CT molecular complexity index is 1870. The first-order valence-corrected chi connectivity index (χ1v) is 16.3. The van der Waals surface area contributed by atoms with Crippen molar-refractivity contribution in [3.8, 4) is 0 Å². The van der Waals surface area contributed by atoms with Crippen LogP contribution in [0.4, 0.5) is 0 Å². The number of benzene rings is 2. The number of rotatable bonds is 19. The summed E-state index contributed by atoms with van der Waals surface area (Å²) in [5.41, 5.74) is 6.52. The highest BCUT2D eigenvalue weighted by molar-refractivity contribution is 6.05. The molecule has 6 rings (SSSR count). The fourth-order valence-electron chi connectivity index (χ4n) is 5.66. The van der Waals surface area contributed by atoms with Crippen LogP contribution in [0.2, 0.25) is 0 Å². The molecule has 47 heavy (non-hydrogen) atoms. The van der Waals surface area contributed by atoms with E-state index in [1.807, 2.05) is 30.5 Å². The number of carbonyl (C=O) groups is 1. The first-order chi connectivity index (χ1) is 23.2. The number of aromatic nitrogens is 4. The molecule has 2 aromatic carbocycles. The van der Waals surface area contributed by atoms with Gasteiger partial charge in [-0.2, -0.15) is 0 Å². The molecule has 0 saturated carbocycles. The van der Waals surface area contributed by atoms with Crippen LogP contribution in [-0.2, 0) is 38.5 Å². The van der Waals surface area contributed by atoms with Gasteiger partial charge in [0.15, 0.2) is 0 Å². The molecule has 6 aromatic rings. The van der Waals surface area contributed by atoms with E-state index < -0.39 is 0 Å². The Labute approximate surface area is 274 Å². The van der Waals surface area contributed by atoms with Crippen molar-refractivity contribution < 1.29 is 19.0 Å². The smallest absolute Gasteiger partial charge is 0.220 e. The van der Waals surface area contributed by atoms with Gasteiger partial charge < -0.3 is 34.4 Å². The van der Waals surface area contributed by atoms with Crippen LogP contribution in [0, 0.1) is 0 Å². The van der Waals surface area contributed by atoms with Crippen molar-refractivity contribution in [3.05, 3.63) is 108 Å². The molecule has 4 heterocycles. The van der Waals surface area contributed by atoms with Crippen LogP contribution in [0.25, 0.3) is 32.8 Å². The minimum absolute atomic E-state index is 0.0192. The SMILES string of the molecule is O=C(CCc1ccc2c(n1)[nH]c1ccncc12)NCCOCCOCCOCCNCc1cccc2c1ccn2Cc1ccccc1. The second-order valence-electron chi connectivity index (χ2n) is 11.4. The van der Waals surface area contributed by atoms with Gasteiger partial charge in [0.05, 0.1) is 45.2 Å². The number of hydrogen-bond acceptors (Lipinski definition) is 7. The summed E-state index contributed by atoms with van der Waals surface area (Å²) < 4.78 is 19.2. The van der Waals surface area contributed by atoms with E-state index >= 15 is 0 Å². The van der Waals surface area contributed by atoms with Crippen LogP contribution in [0.15, 0.2) is 91.4 Å². The standard InChI is InChI=1S/C37H42N6O4/c44-36(12-10-30-9-11-32-33-26-38-15-13-34(33)42-37(32)41-30)40-17-20-46-22-24-47-23-21-45-19-16-39-25-29-7-4-8-35-31(29)14-18-43(35)27-28-5-2-1-3-6-28/h1-9,11,13-15,18,26,39H,10,12,16-17,19-25,27H2,(H,40,44)(H,41,42). The zero-order valence-corrected chi connectivity index (χ0v) is 26.6. The predicted molar refractivity (Wildman–Crippen MR) is 184 cm³/mol. The fraction of sp³-hybridized carbons (Fsp3) is 0.324. The predicted octanol–water partition coefficient (Wildman–Crippen LogP) is 5.00. The number of pyridine rings is 2. The van der Waals surface area contributed by atoms with Gasteiger partial charge in [-0.25, -0.2) is 4.98 Å². The number of nitrogens with zero attached hydrogens (tertiary/aromatic N) is 3. The Morgan fingerprint density at radius 3 is 2.45 bits per heavy atom. The normalized spacial score (nSPS) is 11.6. The summed E-state index contributed by atoms with van der Waals surface area (Å²) in [6, 6.07) is 25.2. The number of ether oxygens (including phenoxy) is 3. The zero-order chi connectivity index (χ0) is 32.1. The van der Waals surface area contributed by atoms with Crippen LogP contribution in [0.3, 0.4) is 0 Å². The molecule has 4 aromatic heterocycles. The maximum atomic E-state index is 12.2. The van der Waals surface area contributed by atoms with Crippen LogP contribution in [0.5, 0.6) is 0 Å². The summed E-state index contributed by atoms with van der Waals surface area (Å²) in [7, 11) is 0. The lowest BCUT2D eigenvalue weighted by molar-refractivity contribution is -0.121. The molecule has 0 spiro atoms. The Morgan fingerprint density at radius 2 is 1.60 bits per heavy atom. The van der Waals surface area contributed by atoms with E-state index in [-0.39, 0.29) is 5.91 Å². The summed E-state index contributed by atoms with van der Waals surface area (Å²) in [6.45, 7) is 5.96. The van der Waals surface area contributed by atoms with Gasteiger partial charge in [0.25, 0.3) is 0 Å². The van der Waals surface area contributed by atoms with Crippen LogP contribution >= 0.6 is 0 Å². The second-order valence-corrected chi connectivity index (χ2v) is 11.4. The summed E-state index contributed by atoms with van der Waals surface area (Å²) in [5, 5.41) is 9.75. The lowest BCUT2D eigenvalue weighted by Crippen LogP contribution is -2.28. The molecule has 0 aliphatic carbocycles. The van der Waals surface area contributed by atoms with Crippen molar-refractivity contribution in [2.45, 2.75) is 25.9 Å². The monoisotopic (exact) mass is 634 g/mol. The van der Waals surface area contributed by atoms with E-state index in [4.69, 9.17) is 14.2 Å². The van der Waals surface area contributed by atoms with E-state index in [0.29, 0.717) is 59.0 Å². The largest absolute Gasteiger partial charge is 0.378 e. The van der Waals surface area contributed by atoms with E-state index in [0.717, 1.165) is 47.3 Å². The quantitative estimate of drug-likeness (QED) is 0.107. The molecule has 0 unspecified atom stereocenters. The van der Waals surface area contributed by atoms with Gasteiger partial charge in [-0.15, -0.1) is 0 Å². The highest BCUT2D eigenvalue weighted by Crippen LogP contribution is 2.24. The molecular formula is C37H42N6O4. The molecule has 3 N–H and O–H groups in total. The third-order valence-electron chi connectivity index (χ3n) is 8.08. The Morgan fingerprint density at radius 1 is 0.787 bits per heavy atom.